The van der Waals surface area contributed by atoms with E-state index in [4.69, 9.17) is 9.47 Å². The summed E-state index contributed by atoms with van der Waals surface area (Å²) in [5.41, 5.74) is 1.27. The minimum absolute atomic E-state index is 0.0839. The van der Waals surface area contributed by atoms with Crippen LogP contribution in [0.1, 0.15) is 26.3 Å². The zero-order chi connectivity index (χ0) is 20.8. The highest BCUT2D eigenvalue weighted by molar-refractivity contribution is 6.00. The first-order valence-corrected chi connectivity index (χ1v) is 9.15. The number of ether oxygens (including phenoxy) is 2. The molecular formula is C21H22N2O6. The summed E-state index contributed by atoms with van der Waals surface area (Å²) in [4.78, 5) is 38.3. The Kier molecular flexibility index (Phi) is 6.46. The third-order valence-corrected chi connectivity index (χ3v) is 4.61. The lowest BCUT2D eigenvalue weighted by molar-refractivity contribution is -0.115. The van der Waals surface area contributed by atoms with Crippen molar-refractivity contribution >= 4 is 23.5 Å². The summed E-state index contributed by atoms with van der Waals surface area (Å²) in [6.07, 6.45) is -0.0960. The quantitative estimate of drug-likeness (QED) is 0.772. The Labute approximate surface area is 168 Å². The molecule has 0 unspecified atom stereocenters. The van der Waals surface area contributed by atoms with Gasteiger partial charge in [0.15, 0.2) is 0 Å². The topological polar surface area (TPSA) is 105 Å². The predicted octanol–water partition coefficient (Wildman–Crippen LogP) is 2.05. The Balaban J connectivity index is 1.76. The molecule has 152 valence electrons. The molecule has 1 aliphatic heterocycles. The van der Waals surface area contributed by atoms with Crippen LogP contribution in [0, 0.1) is 0 Å². The van der Waals surface area contributed by atoms with Gasteiger partial charge in [0.2, 0.25) is 5.91 Å². The molecule has 1 saturated heterocycles. The number of carbonyl (C=O) groups is 3. The highest BCUT2D eigenvalue weighted by Crippen LogP contribution is 2.25. The van der Waals surface area contributed by atoms with Gasteiger partial charge in [0, 0.05) is 18.8 Å². The van der Waals surface area contributed by atoms with E-state index in [1.807, 2.05) is 0 Å². The number of carboxylic acid groups (broad SMARTS) is 1. The van der Waals surface area contributed by atoms with Gasteiger partial charge in [0.25, 0.3) is 5.91 Å². The van der Waals surface area contributed by atoms with Crippen LogP contribution in [-0.4, -0.2) is 61.2 Å². The molecule has 8 nitrogen and oxygen atoms in total. The van der Waals surface area contributed by atoms with Gasteiger partial charge in [-0.15, -0.1) is 0 Å². The number of rotatable bonds is 6. The SMILES string of the molecule is COc1ccc(NC(=O)Cc2ccccc2C(=O)O)cc1C(=O)N1CCOCC1. The number of anilines is 1. The molecule has 0 atom stereocenters. The van der Waals surface area contributed by atoms with Crippen LogP contribution in [0.5, 0.6) is 5.75 Å². The van der Waals surface area contributed by atoms with Crippen LogP contribution in [-0.2, 0) is 16.0 Å². The number of amides is 2. The van der Waals surface area contributed by atoms with E-state index in [9.17, 15) is 19.5 Å². The first-order valence-electron chi connectivity index (χ1n) is 9.15. The van der Waals surface area contributed by atoms with Gasteiger partial charge >= 0.3 is 5.97 Å². The Bertz CT molecular complexity index is 921. The molecular weight excluding hydrogens is 376 g/mol. The number of hydrogen-bond acceptors (Lipinski definition) is 5. The maximum Gasteiger partial charge on any atom is 0.335 e. The zero-order valence-corrected chi connectivity index (χ0v) is 16.0. The van der Waals surface area contributed by atoms with Crippen LogP contribution in [0.25, 0.3) is 0 Å². The number of methoxy groups -OCH3 is 1. The van der Waals surface area contributed by atoms with Crippen LogP contribution in [0.2, 0.25) is 0 Å². The lowest BCUT2D eigenvalue weighted by atomic mass is 10.0. The first kappa shape index (κ1) is 20.3. The Morgan fingerprint density at radius 3 is 2.52 bits per heavy atom. The molecule has 2 aromatic carbocycles. The number of morpholine rings is 1. The highest BCUT2D eigenvalue weighted by atomic mass is 16.5. The average molecular weight is 398 g/mol. The van der Waals surface area contributed by atoms with Gasteiger partial charge in [-0.1, -0.05) is 18.2 Å². The van der Waals surface area contributed by atoms with Gasteiger partial charge in [-0.05, 0) is 29.8 Å². The predicted molar refractivity (Wildman–Crippen MR) is 105 cm³/mol. The molecule has 0 radical (unpaired) electrons. The molecule has 1 aliphatic rings. The molecule has 0 aromatic heterocycles. The number of carbonyl (C=O) groups excluding carboxylic acids is 2. The number of hydrogen-bond donors (Lipinski definition) is 2. The molecule has 0 spiro atoms. The third-order valence-electron chi connectivity index (χ3n) is 4.61. The second kappa shape index (κ2) is 9.20. The number of benzene rings is 2. The maximum absolute atomic E-state index is 12.8. The van der Waals surface area contributed by atoms with Gasteiger partial charge in [-0.2, -0.15) is 0 Å². The smallest absolute Gasteiger partial charge is 0.335 e. The van der Waals surface area contributed by atoms with Crippen molar-refractivity contribution in [3.05, 3.63) is 59.2 Å². The second-order valence-electron chi connectivity index (χ2n) is 6.51. The Hall–Kier alpha value is -3.39. The number of aromatic carboxylic acids is 1. The van der Waals surface area contributed by atoms with E-state index in [0.717, 1.165) is 0 Å². The van der Waals surface area contributed by atoms with Gasteiger partial charge in [-0.25, -0.2) is 4.79 Å². The van der Waals surface area contributed by atoms with Gasteiger partial charge in [0.1, 0.15) is 5.75 Å². The molecule has 1 fully saturated rings. The molecule has 0 aliphatic carbocycles. The molecule has 0 bridgehead atoms. The molecule has 29 heavy (non-hydrogen) atoms. The van der Waals surface area contributed by atoms with Gasteiger partial charge in [0.05, 0.1) is 37.9 Å². The largest absolute Gasteiger partial charge is 0.496 e. The van der Waals surface area contributed by atoms with Crippen LogP contribution >= 0.6 is 0 Å². The van der Waals surface area contributed by atoms with E-state index in [1.165, 1.54) is 13.2 Å². The fourth-order valence-electron chi connectivity index (χ4n) is 3.15. The van der Waals surface area contributed by atoms with Crippen molar-refractivity contribution in [3.8, 4) is 5.75 Å². The summed E-state index contributed by atoms with van der Waals surface area (Å²) in [6, 6.07) is 11.2. The fourth-order valence-corrected chi connectivity index (χ4v) is 3.15. The van der Waals surface area contributed by atoms with Crippen molar-refractivity contribution in [1.82, 2.24) is 4.90 Å². The average Bonchev–Trinajstić information content (AvgIpc) is 2.74. The zero-order valence-electron chi connectivity index (χ0n) is 16.0. The van der Waals surface area contributed by atoms with Crippen molar-refractivity contribution in [2.24, 2.45) is 0 Å². The lowest BCUT2D eigenvalue weighted by Gasteiger charge is -2.27. The lowest BCUT2D eigenvalue weighted by Crippen LogP contribution is -2.40. The molecule has 2 N–H and O–H groups in total. The van der Waals surface area contributed by atoms with Crippen LogP contribution in [0.4, 0.5) is 5.69 Å². The van der Waals surface area contributed by atoms with Crippen molar-refractivity contribution < 1.29 is 29.0 Å². The summed E-state index contributed by atoms with van der Waals surface area (Å²) in [7, 11) is 1.48. The minimum atomic E-state index is -1.09. The summed E-state index contributed by atoms with van der Waals surface area (Å²) in [5.74, 6) is -1.25. The molecule has 2 aromatic rings. The first-order chi connectivity index (χ1) is 14.0. The molecule has 8 heteroatoms. The number of nitrogens with zero attached hydrogens (tertiary/aromatic N) is 1. The van der Waals surface area contributed by atoms with Crippen LogP contribution in [0.3, 0.4) is 0 Å². The van der Waals surface area contributed by atoms with E-state index in [1.54, 1.807) is 41.3 Å². The van der Waals surface area contributed by atoms with Crippen molar-refractivity contribution in [2.75, 3.05) is 38.7 Å². The summed E-state index contributed by atoms with van der Waals surface area (Å²) in [6.45, 7) is 1.94. The normalized spacial score (nSPS) is 13.6. The van der Waals surface area contributed by atoms with Crippen molar-refractivity contribution in [2.45, 2.75) is 6.42 Å². The van der Waals surface area contributed by atoms with E-state index >= 15 is 0 Å². The van der Waals surface area contributed by atoms with Crippen LogP contribution in [0.15, 0.2) is 42.5 Å². The molecule has 2 amide bonds. The van der Waals surface area contributed by atoms with E-state index in [-0.39, 0.29) is 23.8 Å². The van der Waals surface area contributed by atoms with Crippen molar-refractivity contribution in [1.29, 1.82) is 0 Å². The van der Waals surface area contributed by atoms with Crippen molar-refractivity contribution in [3.63, 3.8) is 0 Å². The number of nitrogens with one attached hydrogen (secondary N) is 1. The monoisotopic (exact) mass is 398 g/mol. The standard InChI is InChI=1S/C21H22N2O6/c1-28-18-7-6-15(13-17(18)20(25)23-8-10-29-11-9-23)22-19(24)12-14-4-2-3-5-16(14)21(26)27/h2-7,13H,8-12H2,1H3,(H,22,24)(H,26,27). The van der Waals surface area contributed by atoms with Gasteiger partial charge < -0.3 is 24.8 Å². The molecule has 1 heterocycles. The maximum atomic E-state index is 12.8. The highest BCUT2D eigenvalue weighted by Gasteiger charge is 2.22. The molecule has 0 saturated carbocycles. The van der Waals surface area contributed by atoms with E-state index in [2.05, 4.69) is 5.32 Å². The van der Waals surface area contributed by atoms with Gasteiger partial charge in [-0.3, -0.25) is 9.59 Å². The third kappa shape index (κ3) is 4.91. The van der Waals surface area contributed by atoms with E-state index < -0.39 is 5.97 Å². The minimum Gasteiger partial charge on any atom is -0.496 e. The van der Waals surface area contributed by atoms with E-state index in [0.29, 0.717) is 48.9 Å². The summed E-state index contributed by atoms with van der Waals surface area (Å²) in [5, 5.41) is 12.0. The summed E-state index contributed by atoms with van der Waals surface area (Å²) < 4.78 is 10.6. The Morgan fingerprint density at radius 1 is 1.10 bits per heavy atom. The molecule has 3 rings (SSSR count). The summed E-state index contributed by atoms with van der Waals surface area (Å²) >= 11 is 0. The number of carboxylic acids is 1. The van der Waals surface area contributed by atoms with Crippen LogP contribution < -0.4 is 10.1 Å². The Morgan fingerprint density at radius 2 is 1.83 bits per heavy atom. The fraction of sp³-hybridized carbons (Fsp3) is 0.286. The second-order valence-corrected chi connectivity index (χ2v) is 6.51.